The van der Waals surface area contributed by atoms with E-state index in [1.807, 2.05) is 6.07 Å². The number of allylic oxidation sites excluding steroid dienone is 1. The van der Waals surface area contributed by atoms with Crippen molar-refractivity contribution in [2.24, 2.45) is 0 Å². The predicted octanol–water partition coefficient (Wildman–Crippen LogP) is 4.37. The van der Waals surface area contributed by atoms with Crippen LogP contribution in [0.25, 0.3) is 28.4 Å². The van der Waals surface area contributed by atoms with Crippen LogP contribution in [0, 0.1) is 6.92 Å². The minimum Gasteiger partial charge on any atom is -0.353 e. The number of fused-ring (bicyclic) bond motifs is 1. The normalized spacial score (nSPS) is 15.2. The minimum absolute atomic E-state index is 0.0584. The highest BCUT2D eigenvalue weighted by molar-refractivity contribution is 5.85. The smallest absolute Gasteiger partial charge is 0.239 e. The Morgan fingerprint density at radius 1 is 1.29 bits per heavy atom. The molecule has 1 aliphatic heterocycles. The van der Waals surface area contributed by atoms with Gasteiger partial charge >= 0.3 is 0 Å². The highest BCUT2D eigenvalue weighted by Gasteiger charge is 2.16. The maximum Gasteiger partial charge on any atom is 0.239 e. The summed E-state index contributed by atoms with van der Waals surface area (Å²) in [7, 11) is 0. The van der Waals surface area contributed by atoms with Gasteiger partial charge in [0.05, 0.1) is 0 Å². The Balaban J connectivity index is 1.49. The standard InChI is InChI=1S/C25H33N5O/c1-3-4-10-23-19(2)21(22-16-20-9-8-11-27-25(20)28-22)17-30(23)18-24(31)26-12-15-29-13-6-5-7-14-29/h4,8-11,16-17H,3,5-7,12-15,18H2,1-2H3,(H,26,31)(H,27,28)/b10-4-. The second kappa shape index (κ2) is 9.96. The quantitative estimate of drug-likeness (QED) is 0.570. The number of H-pyrrole nitrogens is 1. The highest BCUT2D eigenvalue weighted by Crippen LogP contribution is 2.30. The van der Waals surface area contributed by atoms with Crippen molar-refractivity contribution in [1.29, 1.82) is 0 Å². The number of nitrogens with one attached hydrogen (secondary N) is 2. The molecule has 0 aliphatic carbocycles. The molecule has 1 fully saturated rings. The third kappa shape index (κ3) is 5.07. The van der Waals surface area contributed by atoms with Gasteiger partial charge in [-0.15, -0.1) is 0 Å². The van der Waals surface area contributed by atoms with Gasteiger partial charge in [-0.05, 0) is 69.1 Å². The number of aromatic amines is 1. The van der Waals surface area contributed by atoms with Crippen LogP contribution >= 0.6 is 0 Å². The van der Waals surface area contributed by atoms with Crippen LogP contribution in [-0.2, 0) is 11.3 Å². The van der Waals surface area contributed by atoms with Gasteiger partial charge in [0.15, 0.2) is 0 Å². The number of nitrogens with zero attached hydrogens (tertiary/aromatic N) is 3. The van der Waals surface area contributed by atoms with Gasteiger partial charge in [0, 0.05) is 47.8 Å². The van der Waals surface area contributed by atoms with Crippen LogP contribution in [0.5, 0.6) is 0 Å². The molecule has 0 spiro atoms. The zero-order valence-corrected chi connectivity index (χ0v) is 18.7. The average Bonchev–Trinajstić information content (AvgIpc) is 3.34. The van der Waals surface area contributed by atoms with Crippen LogP contribution in [-0.4, -0.2) is 51.5 Å². The molecule has 1 saturated heterocycles. The number of amides is 1. The van der Waals surface area contributed by atoms with Gasteiger partial charge in [-0.3, -0.25) is 4.79 Å². The minimum atomic E-state index is 0.0584. The maximum atomic E-state index is 12.7. The molecular formula is C25H33N5O. The zero-order valence-electron chi connectivity index (χ0n) is 18.7. The molecule has 164 valence electrons. The van der Waals surface area contributed by atoms with E-state index in [0.717, 1.165) is 59.6 Å². The van der Waals surface area contributed by atoms with Crippen LogP contribution in [0.3, 0.4) is 0 Å². The van der Waals surface area contributed by atoms with Crippen LogP contribution < -0.4 is 5.32 Å². The van der Waals surface area contributed by atoms with Gasteiger partial charge in [0.2, 0.25) is 5.91 Å². The van der Waals surface area contributed by atoms with Crippen molar-refractivity contribution in [3.8, 4) is 11.3 Å². The molecule has 0 saturated carbocycles. The molecule has 2 N–H and O–H groups in total. The van der Waals surface area contributed by atoms with Crippen molar-refractivity contribution in [2.75, 3.05) is 26.2 Å². The number of aromatic nitrogens is 3. The highest BCUT2D eigenvalue weighted by atomic mass is 16.1. The summed E-state index contributed by atoms with van der Waals surface area (Å²) >= 11 is 0. The lowest BCUT2D eigenvalue weighted by Gasteiger charge is -2.26. The summed E-state index contributed by atoms with van der Waals surface area (Å²) < 4.78 is 2.06. The van der Waals surface area contributed by atoms with E-state index in [4.69, 9.17) is 0 Å². The van der Waals surface area contributed by atoms with Crippen molar-refractivity contribution in [1.82, 2.24) is 24.8 Å². The number of carbonyl (C=O) groups excluding carboxylic acids is 1. The van der Waals surface area contributed by atoms with Crippen LogP contribution in [0.15, 0.2) is 36.7 Å². The summed E-state index contributed by atoms with van der Waals surface area (Å²) in [5.74, 6) is 0.0584. The Kier molecular flexibility index (Phi) is 6.87. The third-order valence-electron chi connectivity index (χ3n) is 6.09. The van der Waals surface area contributed by atoms with Gasteiger partial charge in [0.1, 0.15) is 12.2 Å². The molecule has 0 unspecified atom stereocenters. The molecular weight excluding hydrogens is 386 g/mol. The molecule has 1 aliphatic rings. The summed E-state index contributed by atoms with van der Waals surface area (Å²) in [6.07, 6.45) is 13.0. The first kappa shape index (κ1) is 21.4. The molecule has 3 aromatic rings. The van der Waals surface area contributed by atoms with Crippen molar-refractivity contribution >= 4 is 23.0 Å². The monoisotopic (exact) mass is 419 g/mol. The van der Waals surface area contributed by atoms with E-state index < -0.39 is 0 Å². The second-order valence-corrected chi connectivity index (χ2v) is 8.37. The Morgan fingerprint density at radius 2 is 2.13 bits per heavy atom. The average molecular weight is 420 g/mol. The number of pyridine rings is 1. The molecule has 6 heteroatoms. The number of hydrogen-bond donors (Lipinski definition) is 2. The molecule has 4 heterocycles. The topological polar surface area (TPSA) is 66.0 Å². The van der Waals surface area contributed by atoms with E-state index in [1.54, 1.807) is 6.20 Å². The molecule has 31 heavy (non-hydrogen) atoms. The summed E-state index contributed by atoms with van der Waals surface area (Å²) in [4.78, 5) is 23.0. The van der Waals surface area contributed by atoms with E-state index in [9.17, 15) is 4.79 Å². The van der Waals surface area contributed by atoms with Gasteiger partial charge in [-0.25, -0.2) is 4.98 Å². The fraction of sp³-hybridized carbons (Fsp3) is 0.440. The van der Waals surface area contributed by atoms with Gasteiger partial charge < -0.3 is 19.8 Å². The molecule has 6 nitrogen and oxygen atoms in total. The summed E-state index contributed by atoms with van der Waals surface area (Å²) in [5, 5.41) is 4.20. The number of piperidine rings is 1. The number of carbonyl (C=O) groups is 1. The predicted molar refractivity (Wildman–Crippen MR) is 127 cm³/mol. The lowest BCUT2D eigenvalue weighted by molar-refractivity contribution is -0.121. The van der Waals surface area contributed by atoms with Gasteiger partial charge in [-0.1, -0.05) is 19.4 Å². The van der Waals surface area contributed by atoms with E-state index in [0.29, 0.717) is 13.1 Å². The van der Waals surface area contributed by atoms with E-state index in [-0.39, 0.29) is 5.91 Å². The fourth-order valence-corrected chi connectivity index (χ4v) is 4.38. The number of likely N-dealkylation sites (tertiary alicyclic amines) is 1. The second-order valence-electron chi connectivity index (χ2n) is 8.37. The Labute approximate surface area is 184 Å². The molecule has 0 bridgehead atoms. The zero-order chi connectivity index (χ0) is 21.6. The molecule has 1 amide bonds. The lowest BCUT2D eigenvalue weighted by atomic mass is 10.1. The van der Waals surface area contributed by atoms with Crippen molar-refractivity contribution in [3.63, 3.8) is 0 Å². The van der Waals surface area contributed by atoms with Crippen molar-refractivity contribution in [3.05, 3.63) is 47.9 Å². The Morgan fingerprint density at radius 3 is 2.90 bits per heavy atom. The summed E-state index contributed by atoms with van der Waals surface area (Å²) in [6, 6.07) is 6.13. The van der Waals surface area contributed by atoms with Gasteiger partial charge in [0.25, 0.3) is 0 Å². The first-order chi connectivity index (χ1) is 15.2. The first-order valence-electron chi connectivity index (χ1n) is 11.4. The SMILES string of the molecule is CC/C=C\c1c(C)c(-c2cc3cccnc3[nH]2)cn1CC(=O)NCCN1CCCCC1. The number of rotatable bonds is 8. The van der Waals surface area contributed by atoms with Crippen molar-refractivity contribution < 1.29 is 4.79 Å². The molecule has 4 rings (SSSR count). The van der Waals surface area contributed by atoms with E-state index >= 15 is 0 Å². The lowest BCUT2D eigenvalue weighted by Crippen LogP contribution is -2.38. The van der Waals surface area contributed by atoms with Crippen LogP contribution in [0.2, 0.25) is 0 Å². The van der Waals surface area contributed by atoms with Crippen LogP contribution in [0.1, 0.15) is 43.9 Å². The summed E-state index contributed by atoms with van der Waals surface area (Å²) in [5.41, 5.74) is 5.26. The molecule has 0 radical (unpaired) electrons. The Bertz CT molecular complexity index is 1020. The number of hydrogen-bond acceptors (Lipinski definition) is 3. The first-order valence-corrected chi connectivity index (χ1v) is 11.4. The fourth-order valence-electron chi connectivity index (χ4n) is 4.38. The van der Waals surface area contributed by atoms with Crippen molar-refractivity contribution in [2.45, 2.75) is 46.1 Å². The molecule has 0 atom stereocenters. The Hall–Kier alpha value is -2.86. The van der Waals surface area contributed by atoms with Crippen LogP contribution in [0.4, 0.5) is 0 Å². The van der Waals surface area contributed by atoms with E-state index in [2.05, 4.69) is 69.1 Å². The third-order valence-corrected chi connectivity index (χ3v) is 6.09. The largest absolute Gasteiger partial charge is 0.353 e. The van der Waals surface area contributed by atoms with Gasteiger partial charge in [-0.2, -0.15) is 0 Å². The van der Waals surface area contributed by atoms with E-state index in [1.165, 1.54) is 19.3 Å². The molecule has 3 aromatic heterocycles. The molecule has 0 aromatic carbocycles. The summed E-state index contributed by atoms with van der Waals surface area (Å²) in [6.45, 7) is 8.52. The maximum absolute atomic E-state index is 12.7.